The third-order valence-electron chi connectivity index (χ3n) is 4.72. The lowest BCUT2D eigenvalue weighted by Gasteiger charge is -2.33. The number of likely N-dealkylation sites (tertiary alicyclic amines) is 1. The van der Waals surface area contributed by atoms with Crippen LogP contribution in [0.4, 0.5) is 9.18 Å². The molecule has 7 heteroatoms. The zero-order valence-electron chi connectivity index (χ0n) is 17.3. The summed E-state index contributed by atoms with van der Waals surface area (Å²) in [5.74, 6) is 0.975. The standard InChI is InChI=1S/C22H27FN2O4/c1-22(2,3)29-21(26)25-12-9-15(10-13-25)17-6-5-11-24-20(17)28-18-8-7-16(23)14-19(18)27-4/h5-8,11,14-15H,9-10,12-13H2,1-4H3. The van der Waals surface area contributed by atoms with Crippen LogP contribution in [0.25, 0.3) is 0 Å². The molecule has 2 aromatic rings. The molecular formula is C22H27FN2O4. The molecule has 1 aliphatic heterocycles. The zero-order chi connectivity index (χ0) is 21.0. The van der Waals surface area contributed by atoms with Gasteiger partial charge >= 0.3 is 6.09 Å². The smallest absolute Gasteiger partial charge is 0.410 e. The van der Waals surface area contributed by atoms with Gasteiger partial charge in [0.25, 0.3) is 0 Å². The van der Waals surface area contributed by atoms with Crippen LogP contribution in [0, 0.1) is 5.82 Å². The van der Waals surface area contributed by atoms with Crippen molar-refractivity contribution in [3.63, 3.8) is 0 Å². The molecule has 1 saturated heterocycles. The van der Waals surface area contributed by atoms with E-state index in [0.717, 1.165) is 18.4 Å². The number of hydrogen-bond donors (Lipinski definition) is 0. The highest BCUT2D eigenvalue weighted by Crippen LogP contribution is 2.37. The summed E-state index contributed by atoms with van der Waals surface area (Å²) in [7, 11) is 1.47. The van der Waals surface area contributed by atoms with Crippen LogP contribution >= 0.6 is 0 Å². The highest BCUT2D eigenvalue weighted by Gasteiger charge is 2.29. The number of ether oxygens (including phenoxy) is 3. The minimum absolute atomic E-state index is 0.198. The summed E-state index contributed by atoms with van der Waals surface area (Å²) in [5.41, 5.74) is 0.453. The Morgan fingerprint density at radius 2 is 1.90 bits per heavy atom. The third-order valence-corrected chi connectivity index (χ3v) is 4.72. The SMILES string of the molecule is COc1cc(F)ccc1Oc1ncccc1C1CCN(C(=O)OC(C)(C)C)CC1. The number of nitrogens with zero attached hydrogens (tertiary/aromatic N) is 2. The first-order valence-corrected chi connectivity index (χ1v) is 9.71. The molecule has 1 aromatic heterocycles. The van der Waals surface area contributed by atoms with Gasteiger partial charge in [-0.3, -0.25) is 0 Å². The molecule has 0 radical (unpaired) electrons. The summed E-state index contributed by atoms with van der Waals surface area (Å²) in [4.78, 5) is 18.4. The summed E-state index contributed by atoms with van der Waals surface area (Å²) in [6.07, 6.45) is 2.93. The van der Waals surface area contributed by atoms with E-state index < -0.39 is 11.4 Å². The van der Waals surface area contributed by atoms with E-state index in [9.17, 15) is 9.18 Å². The molecule has 1 aromatic carbocycles. The van der Waals surface area contributed by atoms with Crippen LogP contribution in [-0.2, 0) is 4.74 Å². The number of benzene rings is 1. The molecule has 0 spiro atoms. The fourth-order valence-corrected chi connectivity index (χ4v) is 3.33. The van der Waals surface area contributed by atoms with Crippen LogP contribution in [-0.4, -0.2) is 41.8 Å². The van der Waals surface area contributed by atoms with Gasteiger partial charge in [-0.1, -0.05) is 6.07 Å². The van der Waals surface area contributed by atoms with Gasteiger partial charge in [0.2, 0.25) is 5.88 Å². The molecule has 0 atom stereocenters. The number of carbonyl (C=O) groups excluding carboxylic acids is 1. The maximum atomic E-state index is 13.5. The molecule has 0 aliphatic carbocycles. The van der Waals surface area contributed by atoms with Gasteiger partial charge in [0.15, 0.2) is 11.5 Å². The maximum Gasteiger partial charge on any atom is 0.410 e. The number of carbonyl (C=O) groups is 1. The fourth-order valence-electron chi connectivity index (χ4n) is 3.33. The second-order valence-electron chi connectivity index (χ2n) is 8.04. The summed E-state index contributed by atoms with van der Waals surface area (Å²) >= 11 is 0. The van der Waals surface area contributed by atoms with Crippen molar-refractivity contribution in [2.45, 2.75) is 45.1 Å². The molecule has 0 saturated carbocycles. The van der Waals surface area contributed by atoms with Crippen LogP contribution in [0.3, 0.4) is 0 Å². The van der Waals surface area contributed by atoms with E-state index in [1.807, 2.05) is 32.9 Å². The highest BCUT2D eigenvalue weighted by atomic mass is 19.1. The Morgan fingerprint density at radius 1 is 1.17 bits per heavy atom. The predicted octanol–water partition coefficient (Wildman–Crippen LogP) is 5.14. The molecule has 0 N–H and O–H groups in total. The number of aromatic nitrogens is 1. The Bertz CT molecular complexity index is 858. The second-order valence-corrected chi connectivity index (χ2v) is 8.04. The van der Waals surface area contributed by atoms with Crippen molar-refractivity contribution in [1.82, 2.24) is 9.88 Å². The fraction of sp³-hybridized carbons (Fsp3) is 0.455. The van der Waals surface area contributed by atoms with Crippen molar-refractivity contribution >= 4 is 6.09 Å². The zero-order valence-corrected chi connectivity index (χ0v) is 17.3. The summed E-state index contributed by atoms with van der Waals surface area (Å²) in [6, 6.07) is 7.96. The Hall–Kier alpha value is -2.83. The van der Waals surface area contributed by atoms with Crippen molar-refractivity contribution in [1.29, 1.82) is 0 Å². The monoisotopic (exact) mass is 402 g/mol. The average molecular weight is 402 g/mol. The molecule has 1 fully saturated rings. The second kappa shape index (κ2) is 8.68. The number of hydrogen-bond acceptors (Lipinski definition) is 5. The first kappa shape index (κ1) is 20.9. The predicted molar refractivity (Wildman–Crippen MR) is 107 cm³/mol. The molecule has 29 heavy (non-hydrogen) atoms. The maximum absolute atomic E-state index is 13.5. The highest BCUT2D eigenvalue weighted by molar-refractivity contribution is 5.68. The summed E-state index contributed by atoms with van der Waals surface area (Å²) < 4.78 is 30.1. The van der Waals surface area contributed by atoms with E-state index in [-0.39, 0.29) is 12.0 Å². The number of methoxy groups -OCH3 is 1. The Morgan fingerprint density at radius 3 is 2.55 bits per heavy atom. The summed E-state index contributed by atoms with van der Waals surface area (Å²) in [6.45, 7) is 6.80. The van der Waals surface area contributed by atoms with Crippen molar-refractivity contribution in [2.75, 3.05) is 20.2 Å². The molecule has 0 bridgehead atoms. The molecule has 3 rings (SSSR count). The minimum atomic E-state index is -0.507. The Labute approximate surface area is 170 Å². The molecule has 2 heterocycles. The van der Waals surface area contributed by atoms with Gasteiger partial charge in [-0.15, -0.1) is 0 Å². The number of rotatable bonds is 4. The molecule has 1 amide bonds. The minimum Gasteiger partial charge on any atom is -0.493 e. The van der Waals surface area contributed by atoms with Crippen LogP contribution in [0.1, 0.15) is 45.1 Å². The van der Waals surface area contributed by atoms with Crippen LogP contribution in [0.15, 0.2) is 36.5 Å². The topological polar surface area (TPSA) is 60.9 Å². The van der Waals surface area contributed by atoms with E-state index in [0.29, 0.717) is 30.5 Å². The van der Waals surface area contributed by atoms with Crippen LogP contribution in [0.5, 0.6) is 17.4 Å². The molecular weight excluding hydrogens is 375 g/mol. The van der Waals surface area contributed by atoms with Crippen molar-refractivity contribution in [2.24, 2.45) is 0 Å². The first-order valence-electron chi connectivity index (χ1n) is 9.71. The Kier molecular flexibility index (Phi) is 6.25. The average Bonchev–Trinajstić information content (AvgIpc) is 2.68. The van der Waals surface area contributed by atoms with Crippen molar-refractivity contribution in [3.05, 3.63) is 47.9 Å². The number of piperidine rings is 1. The number of pyridine rings is 1. The van der Waals surface area contributed by atoms with Crippen LogP contribution < -0.4 is 9.47 Å². The molecule has 6 nitrogen and oxygen atoms in total. The number of halogens is 1. The van der Waals surface area contributed by atoms with E-state index in [2.05, 4.69) is 4.98 Å². The van der Waals surface area contributed by atoms with E-state index in [4.69, 9.17) is 14.2 Å². The molecule has 0 unspecified atom stereocenters. The van der Waals surface area contributed by atoms with Gasteiger partial charge in [0.1, 0.15) is 11.4 Å². The van der Waals surface area contributed by atoms with E-state index in [1.165, 1.54) is 25.3 Å². The molecule has 1 aliphatic rings. The van der Waals surface area contributed by atoms with Gasteiger partial charge in [-0.2, -0.15) is 0 Å². The van der Waals surface area contributed by atoms with E-state index in [1.54, 1.807) is 11.1 Å². The van der Waals surface area contributed by atoms with Crippen LogP contribution in [0.2, 0.25) is 0 Å². The van der Waals surface area contributed by atoms with Gasteiger partial charge < -0.3 is 19.1 Å². The largest absolute Gasteiger partial charge is 0.493 e. The Balaban J connectivity index is 1.71. The molecule has 156 valence electrons. The normalized spacial score (nSPS) is 15.1. The van der Waals surface area contributed by atoms with Gasteiger partial charge in [-0.25, -0.2) is 14.2 Å². The quantitative estimate of drug-likeness (QED) is 0.709. The lowest BCUT2D eigenvalue weighted by atomic mass is 9.90. The first-order chi connectivity index (χ1) is 13.8. The lowest BCUT2D eigenvalue weighted by Crippen LogP contribution is -2.41. The number of amides is 1. The van der Waals surface area contributed by atoms with E-state index >= 15 is 0 Å². The summed E-state index contributed by atoms with van der Waals surface area (Å²) in [5, 5.41) is 0. The van der Waals surface area contributed by atoms with Gasteiger partial charge in [-0.05, 0) is 57.7 Å². The van der Waals surface area contributed by atoms with Gasteiger partial charge in [0.05, 0.1) is 7.11 Å². The van der Waals surface area contributed by atoms with Crippen molar-refractivity contribution < 1.29 is 23.4 Å². The third kappa shape index (κ3) is 5.37. The lowest BCUT2D eigenvalue weighted by molar-refractivity contribution is 0.0204. The van der Waals surface area contributed by atoms with Gasteiger partial charge in [0, 0.05) is 30.9 Å². The van der Waals surface area contributed by atoms with Crippen molar-refractivity contribution in [3.8, 4) is 17.4 Å².